The summed E-state index contributed by atoms with van der Waals surface area (Å²) < 4.78 is 25.8. The zero-order valence-corrected chi connectivity index (χ0v) is 17.1. The molecule has 0 bridgehead atoms. The van der Waals surface area contributed by atoms with Gasteiger partial charge in [-0.05, 0) is 48.9 Å². The minimum absolute atomic E-state index is 0.153. The van der Waals surface area contributed by atoms with Crippen LogP contribution in [0.1, 0.15) is 13.3 Å². The first-order valence-electron chi connectivity index (χ1n) is 7.64. The van der Waals surface area contributed by atoms with Gasteiger partial charge < -0.3 is 5.32 Å². The second kappa shape index (κ2) is 8.48. The molecular formula is C17H17Cl3N2O3S. The Balaban J connectivity index is 2.42. The number of rotatable bonds is 6. The van der Waals surface area contributed by atoms with Crippen LogP contribution in [0.3, 0.4) is 0 Å². The number of halogens is 3. The van der Waals surface area contributed by atoms with E-state index in [-0.39, 0.29) is 17.1 Å². The minimum atomic E-state index is -3.80. The van der Waals surface area contributed by atoms with Gasteiger partial charge in [-0.15, -0.1) is 0 Å². The van der Waals surface area contributed by atoms with E-state index in [1.165, 1.54) is 12.1 Å². The van der Waals surface area contributed by atoms with E-state index in [4.69, 9.17) is 34.8 Å². The third-order valence-corrected chi connectivity index (χ3v) is 5.56. The zero-order valence-electron chi connectivity index (χ0n) is 14.0. The Hall–Kier alpha value is -1.47. The van der Waals surface area contributed by atoms with Gasteiger partial charge in [0.15, 0.2) is 0 Å². The highest BCUT2D eigenvalue weighted by Crippen LogP contribution is 2.33. The summed E-state index contributed by atoms with van der Waals surface area (Å²) in [4.78, 5) is 12.8. The van der Waals surface area contributed by atoms with Gasteiger partial charge in [-0.1, -0.05) is 41.7 Å². The highest BCUT2D eigenvalue weighted by Gasteiger charge is 2.33. The molecule has 2 aromatic carbocycles. The van der Waals surface area contributed by atoms with Gasteiger partial charge >= 0.3 is 0 Å². The second-order valence-corrected chi connectivity index (χ2v) is 8.71. The molecule has 140 valence electrons. The maximum atomic E-state index is 12.8. The molecule has 2 rings (SSSR count). The SMILES string of the molecule is CC[C@@H](C(=O)Nc1ccc(Cl)cc1)N(c1cc(Cl)ccc1Cl)S(C)(=O)=O. The van der Waals surface area contributed by atoms with Crippen LogP contribution in [0.2, 0.25) is 15.1 Å². The first-order valence-corrected chi connectivity index (χ1v) is 10.6. The fraction of sp³-hybridized carbons (Fsp3) is 0.235. The molecular weight excluding hydrogens is 419 g/mol. The van der Waals surface area contributed by atoms with Gasteiger partial charge in [0, 0.05) is 15.7 Å². The molecule has 2 aromatic rings. The number of sulfonamides is 1. The summed E-state index contributed by atoms with van der Waals surface area (Å²) in [6.45, 7) is 1.71. The van der Waals surface area contributed by atoms with Gasteiger partial charge in [0.25, 0.3) is 0 Å². The molecule has 9 heteroatoms. The Labute approximate surface area is 167 Å². The summed E-state index contributed by atoms with van der Waals surface area (Å²) in [5, 5.41) is 3.71. The van der Waals surface area contributed by atoms with E-state index in [1.807, 2.05) is 0 Å². The number of amides is 1. The maximum absolute atomic E-state index is 12.8. The molecule has 5 nitrogen and oxygen atoms in total. The Kier molecular flexibility index (Phi) is 6.80. The monoisotopic (exact) mass is 434 g/mol. The number of benzene rings is 2. The van der Waals surface area contributed by atoms with Crippen LogP contribution in [0.15, 0.2) is 42.5 Å². The standard InChI is InChI=1S/C17H17Cl3N2O3S/c1-3-15(17(23)21-13-7-4-11(18)5-8-13)22(26(2,24)25)16-10-12(19)6-9-14(16)20/h4-10,15H,3H2,1-2H3,(H,21,23)/t15-/m0/s1. The van der Waals surface area contributed by atoms with Crippen molar-refractivity contribution in [1.29, 1.82) is 0 Å². The van der Waals surface area contributed by atoms with E-state index < -0.39 is 22.0 Å². The van der Waals surface area contributed by atoms with Gasteiger partial charge in [-0.25, -0.2) is 8.42 Å². The quantitative estimate of drug-likeness (QED) is 0.706. The number of carbonyl (C=O) groups is 1. The van der Waals surface area contributed by atoms with Crippen LogP contribution in [0.25, 0.3) is 0 Å². The van der Waals surface area contributed by atoms with Crippen LogP contribution < -0.4 is 9.62 Å². The summed E-state index contributed by atoms with van der Waals surface area (Å²) in [7, 11) is -3.80. The first-order chi connectivity index (χ1) is 12.1. The van der Waals surface area contributed by atoms with E-state index in [0.29, 0.717) is 15.7 Å². The lowest BCUT2D eigenvalue weighted by atomic mass is 10.1. The fourth-order valence-corrected chi connectivity index (χ4v) is 4.22. The van der Waals surface area contributed by atoms with Gasteiger partial charge in [0.05, 0.1) is 17.0 Å². The third-order valence-electron chi connectivity index (χ3n) is 3.59. The van der Waals surface area contributed by atoms with Crippen molar-refractivity contribution in [3.05, 3.63) is 57.5 Å². The predicted octanol–water partition coefficient (Wildman–Crippen LogP) is 4.83. The van der Waals surface area contributed by atoms with Crippen LogP contribution in [0.5, 0.6) is 0 Å². The van der Waals surface area contributed by atoms with Gasteiger partial charge in [0.1, 0.15) is 6.04 Å². The van der Waals surface area contributed by atoms with E-state index in [2.05, 4.69) is 5.32 Å². The Morgan fingerprint density at radius 3 is 2.19 bits per heavy atom. The van der Waals surface area contributed by atoms with Crippen molar-refractivity contribution in [2.75, 3.05) is 15.9 Å². The number of hydrogen-bond acceptors (Lipinski definition) is 3. The Morgan fingerprint density at radius 1 is 1.08 bits per heavy atom. The molecule has 0 spiro atoms. The molecule has 0 saturated carbocycles. The van der Waals surface area contributed by atoms with Crippen molar-refractivity contribution in [2.45, 2.75) is 19.4 Å². The van der Waals surface area contributed by atoms with Crippen LogP contribution >= 0.6 is 34.8 Å². The van der Waals surface area contributed by atoms with Crippen LogP contribution in [0.4, 0.5) is 11.4 Å². The van der Waals surface area contributed by atoms with Crippen molar-refractivity contribution in [3.8, 4) is 0 Å². The van der Waals surface area contributed by atoms with E-state index in [0.717, 1.165) is 10.6 Å². The first kappa shape index (κ1) is 20.8. The second-order valence-electron chi connectivity index (χ2n) is 5.57. The molecule has 0 fully saturated rings. The molecule has 0 aliphatic heterocycles. The normalized spacial score (nSPS) is 12.5. The van der Waals surface area contributed by atoms with E-state index in [9.17, 15) is 13.2 Å². The number of carbonyl (C=O) groups excluding carboxylic acids is 1. The maximum Gasteiger partial charge on any atom is 0.248 e. The lowest BCUT2D eigenvalue weighted by Gasteiger charge is -2.30. The van der Waals surface area contributed by atoms with Crippen molar-refractivity contribution >= 4 is 62.1 Å². The Bertz CT molecular complexity index is 902. The zero-order chi connectivity index (χ0) is 19.5. The number of nitrogens with zero attached hydrogens (tertiary/aromatic N) is 1. The number of anilines is 2. The highest BCUT2D eigenvalue weighted by molar-refractivity contribution is 7.92. The molecule has 0 unspecified atom stereocenters. The van der Waals surface area contributed by atoms with Gasteiger partial charge in [-0.2, -0.15) is 0 Å². The van der Waals surface area contributed by atoms with Gasteiger partial charge in [-0.3, -0.25) is 9.10 Å². The molecule has 26 heavy (non-hydrogen) atoms. The van der Waals surface area contributed by atoms with E-state index in [1.54, 1.807) is 37.3 Å². The molecule has 0 aliphatic rings. The summed E-state index contributed by atoms with van der Waals surface area (Å²) >= 11 is 18.0. The smallest absolute Gasteiger partial charge is 0.248 e. The number of nitrogens with one attached hydrogen (secondary N) is 1. The largest absolute Gasteiger partial charge is 0.324 e. The topological polar surface area (TPSA) is 66.5 Å². The fourth-order valence-electron chi connectivity index (χ4n) is 2.45. The molecule has 1 N–H and O–H groups in total. The summed E-state index contributed by atoms with van der Waals surface area (Å²) in [5.74, 6) is -0.490. The molecule has 0 heterocycles. The summed E-state index contributed by atoms with van der Waals surface area (Å²) in [6.07, 6.45) is 1.25. The number of hydrogen-bond donors (Lipinski definition) is 1. The average molecular weight is 436 g/mol. The van der Waals surface area contributed by atoms with Crippen molar-refractivity contribution in [1.82, 2.24) is 0 Å². The van der Waals surface area contributed by atoms with Crippen LogP contribution in [-0.4, -0.2) is 26.6 Å². The molecule has 0 aromatic heterocycles. The average Bonchev–Trinajstić information content (AvgIpc) is 2.56. The molecule has 0 saturated heterocycles. The summed E-state index contributed by atoms with van der Waals surface area (Å²) in [5.41, 5.74) is 0.656. The minimum Gasteiger partial charge on any atom is -0.324 e. The molecule has 1 atom stereocenters. The van der Waals surface area contributed by atoms with Crippen LogP contribution in [-0.2, 0) is 14.8 Å². The highest BCUT2D eigenvalue weighted by atomic mass is 35.5. The summed E-state index contributed by atoms with van der Waals surface area (Å²) in [6, 6.07) is 9.96. The molecule has 0 aliphatic carbocycles. The predicted molar refractivity (Wildman–Crippen MR) is 108 cm³/mol. The lowest BCUT2D eigenvalue weighted by Crippen LogP contribution is -2.47. The lowest BCUT2D eigenvalue weighted by molar-refractivity contribution is -0.117. The molecule has 0 radical (unpaired) electrons. The van der Waals surface area contributed by atoms with Crippen molar-refractivity contribution in [2.24, 2.45) is 0 Å². The van der Waals surface area contributed by atoms with Crippen LogP contribution in [0, 0.1) is 0 Å². The molecule has 1 amide bonds. The Morgan fingerprint density at radius 2 is 1.65 bits per heavy atom. The van der Waals surface area contributed by atoms with Gasteiger partial charge in [0.2, 0.25) is 15.9 Å². The van der Waals surface area contributed by atoms with Crippen molar-refractivity contribution in [3.63, 3.8) is 0 Å². The third kappa shape index (κ3) is 5.04. The van der Waals surface area contributed by atoms with E-state index >= 15 is 0 Å². The van der Waals surface area contributed by atoms with Crippen molar-refractivity contribution < 1.29 is 13.2 Å².